The first-order valence-corrected chi connectivity index (χ1v) is 7.70. The number of hydrogen-bond acceptors (Lipinski definition) is 5. The van der Waals surface area contributed by atoms with Gasteiger partial charge in [0, 0.05) is 37.4 Å². The van der Waals surface area contributed by atoms with Crippen molar-refractivity contribution in [1.29, 1.82) is 0 Å². The van der Waals surface area contributed by atoms with Gasteiger partial charge in [0.25, 0.3) is 0 Å². The summed E-state index contributed by atoms with van der Waals surface area (Å²) in [5.74, 6) is 0.414. The highest BCUT2D eigenvalue weighted by Crippen LogP contribution is 2.36. The molecule has 2 aliphatic rings. The fourth-order valence-corrected chi connectivity index (χ4v) is 3.59. The topological polar surface area (TPSA) is 48.4 Å². The van der Waals surface area contributed by atoms with Crippen molar-refractivity contribution in [1.82, 2.24) is 4.98 Å². The molecule has 4 nitrogen and oxygen atoms in total. The van der Waals surface area contributed by atoms with Crippen LogP contribution in [0.3, 0.4) is 0 Å². The van der Waals surface area contributed by atoms with Gasteiger partial charge in [-0.05, 0) is 19.8 Å². The summed E-state index contributed by atoms with van der Waals surface area (Å²) >= 11 is 1.60. The number of aromatic nitrogens is 1. The summed E-state index contributed by atoms with van der Waals surface area (Å²) < 4.78 is 11.3. The third kappa shape index (κ3) is 2.88. The Labute approximate surface area is 117 Å². The van der Waals surface area contributed by atoms with Crippen LogP contribution >= 0.6 is 11.3 Å². The van der Waals surface area contributed by atoms with E-state index in [0.29, 0.717) is 25.4 Å². The van der Waals surface area contributed by atoms with Crippen molar-refractivity contribution in [3.8, 4) is 0 Å². The second kappa shape index (κ2) is 5.31. The van der Waals surface area contributed by atoms with Gasteiger partial charge < -0.3 is 9.47 Å². The van der Waals surface area contributed by atoms with Crippen LogP contribution < -0.4 is 0 Å². The molecule has 0 aliphatic carbocycles. The van der Waals surface area contributed by atoms with E-state index in [1.165, 1.54) is 0 Å². The summed E-state index contributed by atoms with van der Waals surface area (Å²) in [5, 5.41) is 3.01. The van der Waals surface area contributed by atoms with E-state index in [9.17, 15) is 4.79 Å². The molecule has 0 N–H and O–H groups in total. The average Bonchev–Trinajstić information content (AvgIpc) is 3.00. The number of ether oxygens (including phenoxy) is 2. The van der Waals surface area contributed by atoms with Crippen LogP contribution in [0.1, 0.15) is 30.0 Å². The van der Waals surface area contributed by atoms with Crippen LogP contribution in [0.5, 0.6) is 0 Å². The molecule has 0 aromatic carbocycles. The van der Waals surface area contributed by atoms with E-state index in [-0.39, 0.29) is 11.5 Å². The molecular formula is C14H19NO3S. The number of aryl methyl sites for hydroxylation is 1. The molecule has 0 bridgehead atoms. The second-order valence-corrected chi connectivity index (χ2v) is 6.59. The van der Waals surface area contributed by atoms with Crippen molar-refractivity contribution in [3.05, 3.63) is 16.1 Å². The van der Waals surface area contributed by atoms with Gasteiger partial charge in [0.15, 0.2) is 0 Å². The molecule has 3 rings (SSSR count). The van der Waals surface area contributed by atoms with Gasteiger partial charge in [-0.3, -0.25) is 4.79 Å². The van der Waals surface area contributed by atoms with E-state index < -0.39 is 0 Å². The highest BCUT2D eigenvalue weighted by Gasteiger charge is 2.42. The van der Waals surface area contributed by atoms with Crippen molar-refractivity contribution in [2.45, 2.75) is 38.2 Å². The van der Waals surface area contributed by atoms with E-state index in [0.717, 1.165) is 36.6 Å². The lowest BCUT2D eigenvalue weighted by Crippen LogP contribution is -2.42. The van der Waals surface area contributed by atoms with E-state index >= 15 is 0 Å². The van der Waals surface area contributed by atoms with E-state index in [4.69, 9.17) is 9.47 Å². The van der Waals surface area contributed by atoms with Crippen LogP contribution in [-0.2, 0) is 20.7 Å². The van der Waals surface area contributed by atoms with E-state index in [1.54, 1.807) is 11.3 Å². The van der Waals surface area contributed by atoms with Crippen LogP contribution in [-0.4, -0.2) is 36.2 Å². The quantitative estimate of drug-likeness (QED) is 0.852. The number of ketones is 1. The lowest BCUT2D eigenvalue weighted by molar-refractivity contribution is -0.136. The Hall–Kier alpha value is -0.780. The van der Waals surface area contributed by atoms with Crippen molar-refractivity contribution in [2.75, 3.05) is 19.8 Å². The van der Waals surface area contributed by atoms with Gasteiger partial charge in [-0.2, -0.15) is 0 Å². The second-order valence-electron chi connectivity index (χ2n) is 5.52. The zero-order valence-corrected chi connectivity index (χ0v) is 12.0. The molecule has 0 amide bonds. The first-order chi connectivity index (χ1) is 9.17. The fourth-order valence-electron chi connectivity index (χ4n) is 2.98. The number of carbonyl (C=O) groups is 1. The number of nitrogens with zero attached hydrogens (tertiary/aromatic N) is 1. The van der Waals surface area contributed by atoms with E-state index in [2.05, 4.69) is 4.98 Å². The summed E-state index contributed by atoms with van der Waals surface area (Å²) in [6, 6.07) is 0. The molecule has 0 saturated carbocycles. The molecule has 2 unspecified atom stereocenters. The third-order valence-corrected chi connectivity index (χ3v) is 4.86. The number of carbonyl (C=O) groups excluding carboxylic acids is 1. The van der Waals surface area contributed by atoms with Crippen molar-refractivity contribution in [2.24, 2.45) is 5.92 Å². The van der Waals surface area contributed by atoms with E-state index in [1.807, 2.05) is 12.3 Å². The minimum Gasteiger partial charge on any atom is -0.378 e. The van der Waals surface area contributed by atoms with Crippen LogP contribution in [0.2, 0.25) is 0 Å². The molecule has 19 heavy (non-hydrogen) atoms. The first-order valence-electron chi connectivity index (χ1n) is 6.82. The maximum Gasteiger partial charge on any atom is 0.142 e. The standard InChI is InChI=1S/C14H19NO3S/c1-10-15-12(8-19-10)6-13(16)11-2-4-18-14(7-11)3-5-17-9-14/h8,11H,2-7,9H2,1H3. The highest BCUT2D eigenvalue weighted by atomic mass is 32.1. The molecule has 0 radical (unpaired) electrons. The Balaban J connectivity index is 1.63. The van der Waals surface area contributed by atoms with Gasteiger partial charge in [-0.15, -0.1) is 11.3 Å². The number of rotatable bonds is 3. The minimum absolute atomic E-state index is 0.109. The molecule has 2 aliphatic heterocycles. The molecule has 1 aromatic rings. The molecule has 1 spiro atoms. The molecule has 3 heterocycles. The fraction of sp³-hybridized carbons (Fsp3) is 0.714. The molecule has 2 atom stereocenters. The normalized spacial score (nSPS) is 30.9. The van der Waals surface area contributed by atoms with Crippen LogP contribution in [0, 0.1) is 12.8 Å². The predicted molar refractivity (Wildman–Crippen MR) is 72.4 cm³/mol. The summed E-state index contributed by atoms with van der Waals surface area (Å²) in [5.41, 5.74) is 0.729. The minimum atomic E-state index is -0.184. The molecule has 2 saturated heterocycles. The summed E-state index contributed by atoms with van der Waals surface area (Å²) in [7, 11) is 0. The van der Waals surface area contributed by atoms with Gasteiger partial charge in [0.2, 0.25) is 0 Å². The Morgan fingerprint density at radius 3 is 3.16 bits per heavy atom. The molecule has 5 heteroatoms. The Bertz CT molecular complexity index is 465. The molecule has 1 aromatic heterocycles. The zero-order chi connectivity index (χ0) is 13.3. The lowest BCUT2D eigenvalue weighted by Gasteiger charge is -2.36. The first kappa shape index (κ1) is 13.2. The van der Waals surface area contributed by atoms with Gasteiger partial charge in [-0.25, -0.2) is 4.98 Å². The average molecular weight is 281 g/mol. The number of Topliss-reactive ketones (excluding diaryl/α,β-unsaturated/α-hetero) is 1. The van der Waals surface area contributed by atoms with Crippen LogP contribution in [0.15, 0.2) is 5.38 Å². The van der Waals surface area contributed by atoms with Crippen molar-refractivity contribution < 1.29 is 14.3 Å². The highest BCUT2D eigenvalue weighted by molar-refractivity contribution is 7.09. The maximum absolute atomic E-state index is 12.4. The lowest BCUT2D eigenvalue weighted by atomic mass is 9.82. The largest absolute Gasteiger partial charge is 0.378 e. The molecule has 104 valence electrons. The number of hydrogen-bond donors (Lipinski definition) is 0. The Kier molecular flexibility index (Phi) is 3.69. The van der Waals surface area contributed by atoms with Crippen molar-refractivity contribution >= 4 is 17.1 Å². The third-order valence-electron chi connectivity index (χ3n) is 4.04. The van der Waals surface area contributed by atoms with Gasteiger partial charge >= 0.3 is 0 Å². The molecular weight excluding hydrogens is 262 g/mol. The summed E-state index contributed by atoms with van der Waals surface area (Å²) in [6.07, 6.45) is 3.04. The van der Waals surface area contributed by atoms with Crippen molar-refractivity contribution in [3.63, 3.8) is 0 Å². The van der Waals surface area contributed by atoms with Crippen LogP contribution in [0.25, 0.3) is 0 Å². The van der Waals surface area contributed by atoms with Gasteiger partial charge in [0.05, 0.1) is 22.9 Å². The van der Waals surface area contributed by atoms with Gasteiger partial charge in [-0.1, -0.05) is 0 Å². The zero-order valence-electron chi connectivity index (χ0n) is 11.2. The smallest absolute Gasteiger partial charge is 0.142 e. The maximum atomic E-state index is 12.4. The monoisotopic (exact) mass is 281 g/mol. The predicted octanol–water partition coefficient (Wildman–Crippen LogP) is 2.15. The Morgan fingerprint density at radius 2 is 2.47 bits per heavy atom. The SMILES string of the molecule is Cc1nc(CC(=O)C2CCOC3(CCOC3)C2)cs1. The summed E-state index contributed by atoms with van der Waals surface area (Å²) in [4.78, 5) is 16.8. The summed E-state index contributed by atoms with van der Waals surface area (Å²) in [6.45, 7) is 4.05. The van der Waals surface area contributed by atoms with Gasteiger partial charge in [0.1, 0.15) is 5.78 Å². The molecule has 2 fully saturated rings. The van der Waals surface area contributed by atoms with Crippen LogP contribution in [0.4, 0.5) is 0 Å². The number of thiazole rings is 1. The Morgan fingerprint density at radius 1 is 1.58 bits per heavy atom.